The van der Waals surface area contributed by atoms with Crippen LogP contribution in [0.25, 0.3) is 0 Å². The molecule has 6 nitrogen and oxygen atoms in total. The van der Waals surface area contributed by atoms with Gasteiger partial charge in [0.15, 0.2) is 6.61 Å². The van der Waals surface area contributed by atoms with Crippen LogP contribution in [-0.4, -0.2) is 30.9 Å². The number of nitrogens with one attached hydrogen (secondary N) is 2. The van der Waals surface area contributed by atoms with Crippen LogP contribution in [0.1, 0.15) is 67.2 Å². The van der Waals surface area contributed by atoms with Crippen molar-refractivity contribution in [2.75, 3.05) is 13.2 Å². The molecule has 166 valence electrons. The maximum Gasteiger partial charge on any atom is 0.325 e. The van der Waals surface area contributed by atoms with Crippen molar-refractivity contribution in [2.45, 2.75) is 52.5 Å². The monoisotopic (exact) mass is 424 g/mol. The summed E-state index contributed by atoms with van der Waals surface area (Å²) in [6, 6.07) is 15.0. The predicted molar refractivity (Wildman–Crippen MR) is 121 cm³/mol. The topological polar surface area (TPSA) is 84.5 Å². The van der Waals surface area contributed by atoms with Gasteiger partial charge in [0, 0.05) is 5.56 Å². The summed E-state index contributed by atoms with van der Waals surface area (Å²) in [4.78, 5) is 36.3. The average molecular weight is 425 g/mol. The summed E-state index contributed by atoms with van der Waals surface area (Å²) in [5.41, 5.74) is 3.71. The fourth-order valence-electron chi connectivity index (χ4n) is 3.03. The Kier molecular flexibility index (Phi) is 8.37. The van der Waals surface area contributed by atoms with E-state index in [1.165, 1.54) is 0 Å². The van der Waals surface area contributed by atoms with Crippen molar-refractivity contribution < 1.29 is 19.1 Å². The summed E-state index contributed by atoms with van der Waals surface area (Å²) in [5, 5.41) is 5.38. The zero-order valence-electron chi connectivity index (χ0n) is 19.0. The largest absolute Gasteiger partial charge is 0.454 e. The van der Waals surface area contributed by atoms with Crippen LogP contribution in [0.3, 0.4) is 0 Å². The summed E-state index contributed by atoms with van der Waals surface area (Å²) >= 11 is 0. The first-order chi connectivity index (χ1) is 14.6. The van der Waals surface area contributed by atoms with Gasteiger partial charge in [-0.3, -0.25) is 14.4 Å². The van der Waals surface area contributed by atoms with E-state index in [2.05, 4.69) is 31.4 Å². The summed E-state index contributed by atoms with van der Waals surface area (Å²) in [6.45, 7) is 9.57. The number of amides is 2. The first-order valence-electron chi connectivity index (χ1n) is 10.5. The molecule has 0 aromatic heterocycles. The van der Waals surface area contributed by atoms with Gasteiger partial charge in [-0.05, 0) is 42.0 Å². The molecule has 1 atom stereocenters. The average Bonchev–Trinajstić information content (AvgIpc) is 2.74. The number of carbonyl (C=O) groups excluding carboxylic acids is 3. The van der Waals surface area contributed by atoms with E-state index in [1.807, 2.05) is 50.2 Å². The van der Waals surface area contributed by atoms with E-state index < -0.39 is 12.6 Å². The minimum absolute atomic E-state index is 0.00434. The van der Waals surface area contributed by atoms with Crippen LogP contribution >= 0.6 is 0 Å². The Labute approximate surface area is 184 Å². The Balaban J connectivity index is 1.77. The normalized spacial score (nSPS) is 12.0. The fraction of sp³-hybridized carbons (Fsp3) is 0.400. The first-order valence-corrected chi connectivity index (χ1v) is 10.5. The summed E-state index contributed by atoms with van der Waals surface area (Å²) in [5.74, 6) is -1.42. The number of hydrogen-bond acceptors (Lipinski definition) is 4. The molecule has 31 heavy (non-hydrogen) atoms. The van der Waals surface area contributed by atoms with Crippen molar-refractivity contribution in [3.63, 3.8) is 0 Å². The Hall–Kier alpha value is -3.15. The van der Waals surface area contributed by atoms with Gasteiger partial charge in [0.1, 0.15) is 6.54 Å². The molecule has 0 unspecified atom stereocenters. The van der Waals surface area contributed by atoms with E-state index in [1.54, 1.807) is 12.1 Å². The lowest BCUT2D eigenvalue weighted by atomic mass is 9.87. The van der Waals surface area contributed by atoms with Crippen molar-refractivity contribution in [2.24, 2.45) is 0 Å². The highest BCUT2D eigenvalue weighted by atomic mass is 16.5. The zero-order chi connectivity index (χ0) is 23.0. The van der Waals surface area contributed by atoms with Crippen LogP contribution in [0.4, 0.5) is 0 Å². The van der Waals surface area contributed by atoms with Crippen LogP contribution < -0.4 is 10.6 Å². The number of hydrogen-bond donors (Lipinski definition) is 2. The SMILES string of the molecule is CC[C@H](NC(=O)COC(=O)CNC(=O)c1ccc(C(C)(C)C)cc1)c1ccc(C)cc1. The molecule has 2 amide bonds. The first kappa shape index (κ1) is 24.1. The molecular formula is C25H32N2O4. The van der Waals surface area contributed by atoms with Crippen LogP contribution in [0.2, 0.25) is 0 Å². The highest BCUT2D eigenvalue weighted by Crippen LogP contribution is 2.22. The van der Waals surface area contributed by atoms with Gasteiger partial charge < -0.3 is 15.4 Å². The van der Waals surface area contributed by atoms with Crippen molar-refractivity contribution in [1.29, 1.82) is 0 Å². The van der Waals surface area contributed by atoms with Gasteiger partial charge >= 0.3 is 5.97 Å². The van der Waals surface area contributed by atoms with Gasteiger partial charge in [0.05, 0.1) is 6.04 Å². The quantitative estimate of drug-likeness (QED) is 0.631. The molecule has 0 fully saturated rings. The third kappa shape index (κ3) is 7.55. The van der Waals surface area contributed by atoms with E-state index in [9.17, 15) is 14.4 Å². The smallest absolute Gasteiger partial charge is 0.325 e. The third-order valence-corrected chi connectivity index (χ3v) is 4.99. The standard InChI is InChI=1S/C25H32N2O4/c1-6-21(18-9-7-17(2)8-10-18)27-22(28)16-31-23(29)15-26-24(30)19-11-13-20(14-12-19)25(3,4)5/h7-14,21H,6,15-16H2,1-5H3,(H,26,30)(H,27,28)/t21-/m0/s1. The van der Waals surface area contributed by atoms with E-state index in [4.69, 9.17) is 4.74 Å². The highest BCUT2D eigenvalue weighted by molar-refractivity contribution is 5.96. The molecule has 0 aliphatic rings. The second-order valence-corrected chi connectivity index (χ2v) is 8.61. The van der Waals surface area contributed by atoms with E-state index in [0.29, 0.717) is 12.0 Å². The Morgan fingerprint density at radius 2 is 1.58 bits per heavy atom. The summed E-state index contributed by atoms with van der Waals surface area (Å²) in [6.07, 6.45) is 0.715. The maximum atomic E-state index is 12.2. The lowest BCUT2D eigenvalue weighted by Gasteiger charge is -2.19. The van der Waals surface area contributed by atoms with Gasteiger partial charge in [0.2, 0.25) is 0 Å². The Bertz CT molecular complexity index is 897. The summed E-state index contributed by atoms with van der Waals surface area (Å²) < 4.78 is 4.99. The van der Waals surface area contributed by atoms with Gasteiger partial charge in [0.25, 0.3) is 11.8 Å². The van der Waals surface area contributed by atoms with Crippen LogP contribution in [0, 0.1) is 6.92 Å². The molecule has 0 bridgehead atoms. The van der Waals surface area contributed by atoms with Crippen LogP contribution in [0.15, 0.2) is 48.5 Å². The van der Waals surface area contributed by atoms with Gasteiger partial charge in [-0.1, -0.05) is 69.7 Å². The molecule has 0 aliphatic heterocycles. The molecule has 2 aromatic rings. The minimum Gasteiger partial charge on any atom is -0.454 e. The third-order valence-electron chi connectivity index (χ3n) is 4.99. The number of benzene rings is 2. The molecule has 0 saturated carbocycles. The molecule has 2 aromatic carbocycles. The van der Waals surface area contributed by atoms with Crippen molar-refractivity contribution in [1.82, 2.24) is 10.6 Å². The van der Waals surface area contributed by atoms with E-state index >= 15 is 0 Å². The molecule has 6 heteroatoms. The molecule has 0 heterocycles. The lowest BCUT2D eigenvalue weighted by Crippen LogP contribution is -2.35. The predicted octanol–water partition coefficient (Wildman–Crippen LogP) is 3.83. The molecule has 0 saturated heterocycles. The molecule has 2 rings (SSSR count). The minimum atomic E-state index is -0.668. The molecule has 0 aliphatic carbocycles. The fourth-order valence-corrected chi connectivity index (χ4v) is 3.03. The van der Waals surface area contributed by atoms with Crippen molar-refractivity contribution in [3.8, 4) is 0 Å². The van der Waals surface area contributed by atoms with E-state index in [-0.39, 0.29) is 29.8 Å². The number of ether oxygens (including phenoxy) is 1. The van der Waals surface area contributed by atoms with Crippen molar-refractivity contribution in [3.05, 3.63) is 70.8 Å². The molecule has 0 spiro atoms. The highest BCUT2D eigenvalue weighted by Gasteiger charge is 2.16. The second kappa shape index (κ2) is 10.8. The van der Waals surface area contributed by atoms with Crippen LogP contribution in [0.5, 0.6) is 0 Å². The van der Waals surface area contributed by atoms with Gasteiger partial charge in [-0.25, -0.2) is 0 Å². The number of rotatable bonds is 8. The molecule has 2 N–H and O–H groups in total. The maximum absolute atomic E-state index is 12.2. The lowest BCUT2D eigenvalue weighted by molar-refractivity contribution is -0.147. The van der Waals surface area contributed by atoms with E-state index in [0.717, 1.165) is 16.7 Å². The number of carbonyl (C=O) groups is 3. The van der Waals surface area contributed by atoms with Gasteiger partial charge in [-0.2, -0.15) is 0 Å². The second-order valence-electron chi connectivity index (χ2n) is 8.61. The summed E-state index contributed by atoms with van der Waals surface area (Å²) in [7, 11) is 0. The Morgan fingerprint density at radius 1 is 0.968 bits per heavy atom. The van der Waals surface area contributed by atoms with Crippen LogP contribution in [-0.2, 0) is 19.7 Å². The Morgan fingerprint density at radius 3 is 2.13 bits per heavy atom. The van der Waals surface area contributed by atoms with Gasteiger partial charge in [-0.15, -0.1) is 0 Å². The molecule has 0 radical (unpaired) electrons. The number of aryl methyl sites for hydroxylation is 1. The zero-order valence-corrected chi connectivity index (χ0v) is 19.0. The molecular weight excluding hydrogens is 392 g/mol. The van der Waals surface area contributed by atoms with Crippen molar-refractivity contribution >= 4 is 17.8 Å². The number of esters is 1.